The zero-order chi connectivity index (χ0) is 13.0. The molecular weight excluding hydrogens is 230 g/mol. The maximum absolute atomic E-state index is 11.5. The number of hydrogen-bond acceptors (Lipinski definition) is 5. The minimum Gasteiger partial charge on any atom is -0.462 e. The van der Waals surface area contributed by atoms with Crippen LogP contribution in [0.25, 0.3) is 0 Å². The summed E-state index contributed by atoms with van der Waals surface area (Å²) in [6.45, 7) is 8.03. The fourth-order valence-corrected chi connectivity index (χ4v) is 1.94. The number of carbonyl (C=O) groups excluding carboxylic acids is 1. The van der Waals surface area contributed by atoms with Crippen LogP contribution in [-0.2, 0) is 4.74 Å². The van der Waals surface area contributed by atoms with Crippen LogP contribution in [0.4, 0.5) is 5.95 Å². The van der Waals surface area contributed by atoms with E-state index >= 15 is 0 Å². The summed E-state index contributed by atoms with van der Waals surface area (Å²) < 4.78 is 4.89. The van der Waals surface area contributed by atoms with Crippen LogP contribution >= 0.6 is 0 Å². The molecule has 0 bridgehead atoms. The number of anilines is 1. The highest BCUT2D eigenvalue weighted by Gasteiger charge is 2.18. The summed E-state index contributed by atoms with van der Waals surface area (Å²) in [7, 11) is 0. The smallest absolute Gasteiger partial charge is 0.341 e. The van der Waals surface area contributed by atoms with Crippen LogP contribution in [0.2, 0.25) is 0 Å². The number of nitrogens with zero attached hydrogens (tertiary/aromatic N) is 3. The zero-order valence-corrected chi connectivity index (χ0v) is 10.6. The molecule has 18 heavy (non-hydrogen) atoms. The third-order valence-electron chi connectivity index (χ3n) is 3.05. The molecule has 2 heterocycles. The van der Waals surface area contributed by atoms with E-state index < -0.39 is 0 Å². The van der Waals surface area contributed by atoms with E-state index in [1.807, 2.05) is 0 Å². The Morgan fingerprint density at radius 2 is 2.06 bits per heavy atom. The van der Waals surface area contributed by atoms with Crippen LogP contribution in [-0.4, -0.2) is 35.6 Å². The molecule has 1 aromatic heterocycles. The average Bonchev–Trinajstić information content (AvgIpc) is 2.40. The van der Waals surface area contributed by atoms with Crippen molar-refractivity contribution in [1.29, 1.82) is 0 Å². The molecule has 0 spiro atoms. The van der Waals surface area contributed by atoms with Gasteiger partial charge in [0.1, 0.15) is 0 Å². The van der Waals surface area contributed by atoms with E-state index in [9.17, 15) is 4.79 Å². The summed E-state index contributed by atoms with van der Waals surface area (Å²) in [6.07, 6.45) is 5.17. The Balaban J connectivity index is 2.01. The lowest BCUT2D eigenvalue weighted by atomic mass is 10.00. The van der Waals surface area contributed by atoms with Crippen molar-refractivity contribution in [3.8, 4) is 0 Å². The predicted octanol–water partition coefficient (Wildman–Crippen LogP) is 1.70. The third kappa shape index (κ3) is 2.97. The Labute approximate surface area is 107 Å². The Morgan fingerprint density at radius 1 is 1.44 bits per heavy atom. The molecule has 0 amide bonds. The summed E-state index contributed by atoms with van der Waals surface area (Å²) in [5.41, 5.74) is 0.396. The molecule has 1 aromatic rings. The summed E-state index contributed by atoms with van der Waals surface area (Å²) in [4.78, 5) is 22.0. The van der Waals surface area contributed by atoms with Gasteiger partial charge in [-0.25, -0.2) is 14.8 Å². The quantitative estimate of drug-likeness (QED) is 0.762. The summed E-state index contributed by atoms with van der Waals surface area (Å²) in [5.74, 6) is 0.829. The number of rotatable bonds is 3. The molecule has 2 rings (SSSR count). The fraction of sp³-hybridized carbons (Fsp3) is 0.538. The molecule has 0 atom stereocenters. The molecular formula is C13H18N3O2. The molecule has 1 fully saturated rings. The maximum Gasteiger partial charge on any atom is 0.341 e. The van der Waals surface area contributed by atoms with Gasteiger partial charge in [-0.05, 0) is 25.7 Å². The van der Waals surface area contributed by atoms with Gasteiger partial charge in [0.25, 0.3) is 0 Å². The van der Waals surface area contributed by atoms with Gasteiger partial charge in [0.05, 0.1) is 12.2 Å². The normalized spacial score (nSPS) is 16.7. The number of esters is 1. The molecule has 0 N–H and O–H groups in total. The molecule has 97 valence electrons. The highest BCUT2D eigenvalue weighted by Crippen LogP contribution is 2.19. The number of aromatic nitrogens is 2. The largest absolute Gasteiger partial charge is 0.462 e. The van der Waals surface area contributed by atoms with Crippen LogP contribution < -0.4 is 4.90 Å². The topological polar surface area (TPSA) is 55.3 Å². The Hall–Kier alpha value is -1.65. The lowest BCUT2D eigenvalue weighted by Crippen LogP contribution is -2.34. The highest BCUT2D eigenvalue weighted by molar-refractivity contribution is 5.88. The lowest BCUT2D eigenvalue weighted by Gasteiger charge is -2.30. The van der Waals surface area contributed by atoms with Gasteiger partial charge in [0, 0.05) is 25.5 Å². The molecule has 0 saturated carbocycles. The van der Waals surface area contributed by atoms with Gasteiger partial charge >= 0.3 is 5.97 Å². The van der Waals surface area contributed by atoms with Crippen molar-refractivity contribution in [3.63, 3.8) is 0 Å². The minimum atomic E-state index is -0.375. The monoisotopic (exact) mass is 248 g/mol. The molecule has 1 saturated heterocycles. The van der Waals surface area contributed by atoms with Crippen molar-refractivity contribution in [1.82, 2.24) is 9.97 Å². The average molecular weight is 248 g/mol. The standard InChI is InChI=1S/C13H18N3O2/c1-3-18-12(17)11-8-14-13(15-9-11)16-6-4-10(2)5-7-16/h8-10H,2-7H2,1H3. The first kappa shape index (κ1) is 12.8. The first-order valence-electron chi connectivity index (χ1n) is 6.28. The number of carbonyl (C=O) groups is 1. The van der Waals surface area contributed by atoms with Crippen molar-refractivity contribution in [2.75, 3.05) is 24.6 Å². The van der Waals surface area contributed by atoms with Crippen LogP contribution in [0.5, 0.6) is 0 Å². The molecule has 1 aliphatic rings. The summed E-state index contributed by atoms with van der Waals surface area (Å²) >= 11 is 0. The number of ether oxygens (including phenoxy) is 1. The van der Waals surface area contributed by atoms with E-state index in [0.717, 1.165) is 25.9 Å². The second kappa shape index (κ2) is 5.80. The van der Waals surface area contributed by atoms with Crippen LogP contribution in [0.3, 0.4) is 0 Å². The predicted molar refractivity (Wildman–Crippen MR) is 68.3 cm³/mol. The number of hydrogen-bond donors (Lipinski definition) is 0. The van der Waals surface area contributed by atoms with Gasteiger partial charge in [0.15, 0.2) is 0 Å². The van der Waals surface area contributed by atoms with Crippen molar-refractivity contribution < 1.29 is 9.53 Å². The van der Waals surface area contributed by atoms with Crippen LogP contribution in [0.15, 0.2) is 12.4 Å². The Morgan fingerprint density at radius 3 is 2.61 bits per heavy atom. The van der Waals surface area contributed by atoms with Gasteiger partial charge in [-0.1, -0.05) is 6.92 Å². The molecule has 1 radical (unpaired) electrons. The van der Waals surface area contributed by atoms with E-state index in [4.69, 9.17) is 4.74 Å². The zero-order valence-electron chi connectivity index (χ0n) is 10.6. The third-order valence-corrected chi connectivity index (χ3v) is 3.05. The number of piperidine rings is 1. The van der Waals surface area contributed by atoms with Gasteiger partial charge in [-0.3, -0.25) is 0 Å². The van der Waals surface area contributed by atoms with Gasteiger partial charge in [-0.15, -0.1) is 0 Å². The van der Waals surface area contributed by atoms with Crippen molar-refractivity contribution in [3.05, 3.63) is 24.9 Å². The molecule has 5 heteroatoms. The molecule has 0 aliphatic carbocycles. The first-order chi connectivity index (χ1) is 8.70. The van der Waals surface area contributed by atoms with Crippen molar-refractivity contribution in [2.45, 2.75) is 19.8 Å². The second-order valence-corrected chi connectivity index (χ2v) is 4.42. The van der Waals surface area contributed by atoms with Gasteiger partial charge in [0.2, 0.25) is 5.95 Å². The lowest BCUT2D eigenvalue weighted by molar-refractivity contribution is 0.0525. The van der Waals surface area contributed by atoms with E-state index in [-0.39, 0.29) is 5.97 Å². The van der Waals surface area contributed by atoms with Crippen molar-refractivity contribution in [2.24, 2.45) is 5.92 Å². The molecule has 1 aliphatic heterocycles. The highest BCUT2D eigenvalue weighted by atomic mass is 16.5. The Bertz CT molecular complexity index is 397. The molecule has 5 nitrogen and oxygen atoms in total. The minimum absolute atomic E-state index is 0.359. The Kier molecular flexibility index (Phi) is 4.12. The summed E-state index contributed by atoms with van der Waals surface area (Å²) in [6, 6.07) is 0. The van der Waals surface area contributed by atoms with E-state index in [0.29, 0.717) is 24.0 Å². The fourth-order valence-electron chi connectivity index (χ4n) is 1.94. The van der Waals surface area contributed by atoms with Gasteiger partial charge < -0.3 is 9.64 Å². The van der Waals surface area contributed by atoms with Crippen molar-refractivity contribution >= 4 is 11.9 Å². The first-order valence-corrected chi connectivity index (χ1v) is 6.28. The SMILES string of the molecule is [CH2]C1CCN(c2ncc(C(=O)OCC)cn2)CC1. The van der Waals surface area contributed by atoms with Crippen LogP contribution in [0.1, 0.15) is 30.1 Å². The maximum atomic E-state index is 11.5. The molecule has 0 aromatic carbocycles. The van der Waals surface area contributed by atoms with E-state index in [2.05, 4.69) is 21.8 Å². The van der Waals surface area contributed by atoms with E-state index in [1.165, 1.54) is 12.4 Å². The summed E-state index contributed by atoms with van der Waals surface area (Å²) in [5, 5.41) is 0. The van der Waals surface area contributed by atoms with Gasteiger partial charge in [-0.2, -0.15) is 0 Å². The van der Waals surface area contributed by atoms with Crippen LogP contribution in [0, 0.1) is 12.8 Å². The molecule has 0 unspecified atom stereocenters. The van der Waals surface area contributed by atoms with E-state index in [1.54, 1.807) is 6.92 Å². The second-order valence-electron chi connectivity index (χ2n) is 4.42.